The molecule has 2 heteroatoms. The zero-order valence-electron chi connectivity index (χ0n) is 12.2. The standard InChI is InChI=1S/C19H19NO/c1-2-3-4-6-11-16-12-9-10-15-18(16)19(21)20-17-13-7-5-8-14-17/h5,7-10,12-15H,2-4H2,1H3,(H,20,21). The molecule has 0 saturated carbocycles. The van der Waals surface area contributed by atoms with Crippen LogP contribution in [0.1, 0.15) is 42.1 Å². The summed E-state index contributed by atoms with van der Waals surface area (Å²) in [4.78, 5) is 12.3. The van der Waals surface area contributed by atoms with E-state index in [1.54, 1.807) is 0 Å². The van der Waals surface area contributed by atoms with Crippen LogP contribution in [0.25, 0.3) is 0 Å². The Morgan fingerprint density at radius 2 is 1.76 bits per heavy atom. The third-order valence-corrected chi connectivity index (χ3v) is 3.08. The minimum atomic E-state index is -0.124. The van der Waals surface area contributed by atoms with Crippen LogP contribution in [0.15, 0.2) is 54.6 Å². The predicted octanol–water partition coefficient (Wildman–Crippen LogP) is 4.48. The van der Waals surface area contributed by atoms with E-state index in [2.05, 4.69) is 24.1 Å². The number of benzene rings is 2. The monoisotopic (exact) mass is 277 g/mol. The molecule has 0 bridgehead atoms. The molecule has 1 amide bonds. The lowest BCUT2D eigenvalue weighted by molar-refractivity contribution is 0.102. The molecule has 21 heavy (non-hydrogen) atoms. The van der Waals surface area contributed by atoms with Crippen molar-refractivity contribution >= 4 is 11.6 Å². The van der Waals surface area contributed by atoms with Crippen LogP contribution < -0.4 is 5.32 Å². The highest BCUT2D eigenvalue weighted by atomic mass is 16.1. The Bertz CT molecular complexity index is 650. The maximum atomic E-state index is 12.3. The van der Waals surface area contributed by atoms with E-state index in [0.717, 1.165) is 30.5 Å². The van der Waals surface area contributed by atoms with Gasteiger partial charge in [0.1, 0.15) is 0 Å². The minimum Gasteiger partial charge on any atom is -0.322 e. The summed E-state index contributed by atoms with van der Waals surface area (Å²) in [6.45, 7) is 2.14. The van der Waals surface area contributed by atoms with E-state index < -0.39 is 0 Å². The fourth-order valence-corrected chi connectivity index (χ4v) is 1.93. The average molecular weight is 277 g/mol. The summed E-state index contributed by atoms with van der Waals surface area (Å²) in [6, 6.07) is 16.9. The predicted molar refractivity (Wildman–Crippen MR) is 87.2 cm³/mol. The summed E-state index contributed by atoms with van der Waals surface area (Å²) in [5.41, 5.74) is 2.18. The van der Waals surface area contributed by atoms with Crippen LogP contribution in [0.4, 0.5) is 5.69 Å². The minimum absolute atomic E-state index is 0.124. The van der Waals surface area contributed by atoms with E-state index in [1.165, 1.54) is 0 Å². The van der Waals surface area contributed by atoms with E-state index in [4.69, 9.17) is 0 Å². The normalized spacial score (nSPS) is 9.57. The van der Waals surface area contributed by atoms with Gasteiger partial charge in [0.15, 0.2) is 0 Å². The molecule has 0 fully saturated rings. The summed E-state index contributed by atoms with van der Waals surface area (Å²) >= 11 is 0. The molecule has 0 aromatic heterocycles. The highest BCUT2D eigenvalue weighted by Gasteiger charge is 2.09. The first kappa shape index (κ1) is 14.9. The molecule has 0 radical (unpaired) electrons. The molecule has 1 N–H and O–H groups in total. The highest BCUT2D eigenvalue weighted by molar-refractivity contribution is 6.05. The molecule has 106 valence electrons. The molecule has 2 rings (SSSR count). The van der Waals surface area contributed by atoms with Crippen molar-refractivity contribution in [3.8, 4) is 11.8 Å². The lowest BCUT2D eigenvalue weighted by Crippen LogP contribution is -2.13. The van der Waals surface area contributed by atoms with E-state index in [9.17, 15) is 4.79 Å². The SMILES string of the molecule is CCCCC#Cc1ccccc1C(=O)Nc1ccccc1. The quantitative estimate of drug-likeness (QED) is 0.648. The first-order valence-electron chi connectivity index (χ1n) is 7.25. The lowest BCUT2D eigenvalue weighted by atomic mass is 10.1. The van der Waals surface area contributed by atoms with E-state index in [1.807, 2.05) is 54.6 Å². The topological polar surface area (TPSA) is 29.1 Å². The molecule has 2 nitrogen and oxygen atoms in total. The fraction of sp³-hybridized carbons (Fsp3) is 0.211. The maximum Gasteiger partial charge on any atom is 0.256 e. The molecule has 2 aromatic rings. The molecular weight excluding hydrogens is 258 g/mol. The number of rotatable bonds is 4. The van der Waals surface area contributed by atoms with Gasteiger partial charge in [-0.2, -0.15) is 0 Å². The van der Waals surface area contributed by atoms with Gasteiger partial charge in [-0.05, 0) is 30.7 Å². The van der Waals surface area contributed by atoms with Gasteiger partial charge in [0.05, 0.1) is 5.56 Å². The van der Waals surface area contributed by atoms with Crippen molar-refractivity contribution in [2.75, 3.05) is 5.32 Å². The first-order chi connectivity index (χ1) is 10.3. The van der Waals surface area contributed by atoms with Crippen molar-refractivity contribution in [2.45, 2.75) is 26.2 Å². The van der Waals surface area contributed by atoms with Crippen LogP contribution in [0.3, 0.4) is 0 Å². The Morgan fingerprint density at radius 3 is 2.52 bits per heavy atom. The number of amides is 1. The molecule has 2 aromatic carbocycles. The molecule has 0 atom stereocenters. The zero-order valence-corrected chi connectivity index (χ0v) is 12.2. The zero-order chi connectivity index (χ0) is 14.9. The molecule has 0 aliphatic heterocycles. The van der Waals surface area contributed by atoms with Gasteiger partial charge in [-0.25, -0.2) is 0 Å². The van der Waals surface area contributed by atoms with Crippen LogP contribution in [-0.2, 0) is 0 Å². The van der Waals surface area contributed by atoms with Crippen LogP contribution in [0, 0.1) is 11.8 Å². The summed E-state index contributed by atoms with van der Waals surface area (Å²) in [6.07, 6.45) is 3.08. The van der Waals surface area contributed by atoms with E-state index in [0.29, 0.717) is 5.56 Å². The summed E-state index contributed by atoms with van der Waals surface area (Å²) in [5.74, 6) is 6.11. The van der Waals surface area contributed by atoms with Gasteiger partial charge in [0, 0.05) is 17.7 Å². The van der Waals surface area contributed by atoms with Gasteiger partial charge in [-0.3, -0.25) is 4.79 Å². The third kappa shape index (κ3) is 4.50. The van der Waals surface area contributed by atoms with Crippen LogP contribution in [0.2, 0.25) is 0 Å². The van der Waals surface area contributed by atoms with Crippen molar-refractivity contribution in [3.63, 3.8) is 0 Å². The number of carbonyl (C=O) groups excluding carboxylic acids is 1. The summed E-state index contributed by atoms with van der Waals surface area (Å²) in [7, 11) is 0. The molecule has 0 aliphatic carbocycles. The first-order valence-corrected chi connectivity index (χ1v) is 7.25. The number of para-hydroxylation sites is 1. The van der Waals surface area contributed by atoms with Crippen LogP contribution in [-0.4, -0.2) is 5.91 Å². The van der Waals surface area contributed by atoms with Gasteiger partial charge in [-0.15, -0.1) is 0 Å². The summed E-state index contributed by atoms with van der Waals surface area (Å²) in [5, 5.41) is 2.89. The van der Waals surface area contributed by atoms with Crippen molar-refractivity contribution in [1.29, 1.82) is 0 Å². The second-order valence-corrected chi connectivity index (χ2v) is 4.77. The second kappa shape index (κ2) is 7.91. The molecule has 0 spiro atoms. The smallest absolute Gasteiger partial charge is 0.256 e. The van der Waals surface area contributed by atoms with Gasteiger partial charge < -0.3 is 5.32 Å². The van der Waals surface area contributed by atoms with Crippen LogP contribution >= 0.6 is 0 Å². The number of unbranched alkanes of at least 4 members (excludes halogenated alkanes) is 2. The Morgan fingerprint density at radius 1 is 1.05 bits per heavy atom. The van der Waals surface area contributed by atoms with Gasteiger partial charge in [0.2, 0.25) is 0 Å². The average Bonchev–Trinajstić information content (AvgIpc) is 2.53. The number of hydrogen-bond donors (Lipinski definition) is 1. The molecule has 0 heterocycles. The number of anilines is 1. The van der Waals surface area contributed by atoms with Gasteiger partial charge >= 0.3 is 0 Å². The van der Waals surface area contributed by atoms with E-state index in [-0.39, 0.29) is 5.91 Å². The lowest BCUT2D eigenvalue weighted by Gasteiger charge is -2.06. The number of nitrogens with one attached hydrogen (secondary N) is 1. The molecular formula is C19H19NO. The van der Waals surface area contributed by atoms with Crippen molar-refractivity contribution in [1.82, 2.24) is 0 Å². The van der Waals surface area contributed by atoms with Gasteiger partial charge in [0.25, 0.3) is 5.91 Å². The maximum absolute atomic E-state index is 12.3. The van der Waals surface area contributed by atoms with Crippen molar-refractivity contribution in [3.05, 3.63) is 65.7 Å². The molecule has 0 unspecified atom stereocenters. The second-order valence-electron chi connectivity index (χ2n) is 4.77. The fourth-order valence-electron chi connectivity index (χ4n) is 1.93. The Labute approximate surface area is 126 Å². The Kier molecular flexibility index (Phi) is 5.60. The molecule has 0 saturated heterocycles. The highest BCUT2D eigenvalue weighted by Crippen LogP contribution is 2.12. The van der Waals surface area contributed by atoms with Gasteiger partial charge in [-0.1, -0.05) is 55.5 Å². The van der Waals surface area contributed by atoms with Crippen molar-refractivity contribution in [2.24, 2.45) is 0 Å². The summed E-state index contributed by atoms with van der Waals surface area (Å²) < 4.78 is 0. The van der Waals surface area contributed by atoms with Crippen LogP contribution in [0.5, 0.6) is 0 Å². The largest absolute Gasteiger partial charge is 0.322 e. The van der Waals surface area contributed by atoms with E-state index >= 15 is 0 Å². The Hall–Kier alpha value is -2.53. The van der Waals surface area contributed by atoms with Crippen molar-refractivity contribution < 1.29 is 4.79 Å². The number of hydrogen-bond acceptors (Lipinski definition) is 1. The Balaban J connectivity index is 2.15. The molecule has 0 aliphatic rings. The number of carbonyl (C=O) groups is 1. The third-order valence-electron chi connectivity index (χ3n) is 3.08.